The number of Topliss-reactive ketones (excluding diaryl/α,β-unsaturated/α-hetero) is 1. The van der Waals surface area contributed by atoms with E-state index in [1.807, 2.05) is 36.1 Å². The fourth-order valence-electron chi connectivity index (χ4n) is 2.95. The van der Waals surface area contributed by atoms with Gasteiger partial charge in [0.2, 0.25) is 5.91 Å². The Morgan fingerprint density at radius 2 is 1.72 bits per heavy atom. The number of rotatable bonds is 5. The minimum atomic E-state index is 0.0176. The molecule has 0 aliphatic carbocycles. The molecule has 2 heterocycles. The maximum absolute atomic E-state index is 12.4. The molecule has 6 nitrogen and oxygen atoms in total. The standard InChI is InChI=1S/C19H22N4O2/c1-15-13-18(21-14-20-15)22-9-11-23(12-10-22)19(25)8-7-17(24)16-5-3-2-4-6-16/h2-6,13-14H,7-12H2,1H3. The SMILES string of the molecule is Cc1cc(N2CCN(C(=O)CCC(=O)c3ccccc3)CC2)ncn1. The third-order valence-electron chi connectivity index (χ3n) is 4.41. The summed E-state index contributed by atoms with van der Waals surface area (Å²) in [5, 5.41) is 0. The molecule has 1 amide bonds. The molecule has 1 aromatic carbocycles. The molecular weight excluding hydrogens is 316 g/mol. The molecule has 1 aliphatic rings. The first-order valence-electron chi connectivity index (χ1n) is 8.53. The lowest BCUT2D eigenvalue weighted by molar-refractivity contribution is -0.131. The number of carbonyl (C=O) groups is 2. The lowest BCUT2D eigenvalue weighted by Gasteiger charge is -2.35. The zero-order chi connectivity index (χ0) is 17.6. The highest BCUT2D eigenvalue weighted by molar-refractivity contribution is 5.97. The number of aryl methyl sites for hydroxylation is 1. The average Bonchev–Trinajstić information content (AvgIpc) is 2.66. The number of amides is 1. The van der Waals surface area contributed by atoms with Gasteiger partial charge in [-0.15, -0.1) is 0 Å². The van der Waals surface area contributed by atoms with Crippen LogP contribution >= 0.6 is 0 Å². The Hall–Kier alpha value is -2.76. The van der Waals surface area contributed by atoms with Crippen LogP contribution < -0.4 is 4.90 Å². The number of anilines is 1. The quantitative estimate of drug-likeness (QED) is 0.781. The van der Waals surface area contributed by atoms with Crippen LogP contribution in [0.5, 0.6) is 0 Å². The minimum absolute atomic E-state index is 0.0176. The van der Waals surface area contributed by atoms with Crippen molar-refractivity contribution in [3.63, 3.8) is 0 Å². The third kappa shape index (κ3) is 4.41. The van der Waals surface area contributed by atoms with Gasteiger partial charge in [-0.25, -0.2) is 9.97 Å². The largest absolute Gasteiger partial charge is 0.353 e. The maximum atomic E-state index is 12.4. The number of ketones is 1. The van der Waals surface area contributed by atoms with E-state index in [1.54, 1.807) is 18.5 Å². The molecule has 0 N–H and O–H groups in total. The average molecular weight is 338 g/mol. The Kier molecular flexibility index (Phi) is 5.38. The van der Waals surface area contributed by atoms with E-state index in [-0.39, 0.29) is 24.5 Å². The van der Waals surface area contributed by atoms with Gasteiger partial charge in [0.25, 0.3) is 0 Å². The summed E-state index contributed by atoms with van der Waals surface area (Å²) in [7, 11) is 0. The summed E-state index contributed by atoms with van der Waals surface area (Å²) in [5.74, 6) is 0.964. The van der Waals surface area contributed by atoms with Crippen molar-refractivity contribution in [1.82, 2.24) is 14.9 Å². The first-order chi connectivity index (χ1) is 12.1. The van der Waals surface area contributed by atoms with Crippen LogP contribution in [0.1, 0.15) is 28.9 Å². The van der Waals surface area contributed by atoms with Crippen molar-refractivity contribution in [1.29, 1.82) is 0 Å². The van der Waals surface area contributed by atoms with E-state index in [0.29, 0.717) is 18.7 Å². The van der Waals surface area contributed by atoms with E-state index in [1.165, 1.54) is 0 Å². The van der Waals surface area contributed by atoms with Crippen LogP contribution in [0.4, 0.5) is 5.82 Å². The molecule has 0 bridgehead atoms. The molecule has 2 aromatic rings. The number of carbonyl (C=O) groups excluding carboxylic acids is 2. The molecule has 0 spiro atoms. The monoisotopic (exact) mass is 338 g/mol. The molecule has 1 aromatic heterocycles. The Morgan fingerprint density at radius 1 is 1.00 bits per heavy atom. The first-order valence-corrected chi connectivity index (χ1v) is 8.53. The molecule has 0 unspecified atom stereocenters. The van der Waals surface area contributed by atoms with Crippen molar-refractivity contribution >= 4 is 17.5 Å². The Balaban J connectivity index is 1.48. The van der Waals surface area contributed by atoms with Gasteiger partial charge in [0.15, 0.2) is 5.78 Å². The Labute approximate surface area is 147 Å². The van der Waals surface area contributed by atoms with E-state index in [0.717, 1.165) is 24.6 Å². The van der Waals surface area contributed by atoms with Gasteiger partial charge in [0.05, 0.1) is 0 Å². The van der Waals surface area contributed by atoms with Crippen LogP contribution in [0.2, 0.25) is 0 Å². The highest BCUT2D eigenvalue weighted by Crippen LogP contribution is 2.15. The number of aromatic nitrogens is 2. The molecule has 130 valence electrons. The number of nitrogens with zero attached hydrogens (tertiary/aromatic N) is 4. The van der Waals surface area contributed by atoms with Gasteiger partial charge >= 0.3 is 0 Å². The summed E-state index contributed by atoms with van der Waals surface area (Å²) in [6.45, 7) is 4.74. The maximum Gasteiger partial charge on any atom is 0.223 e. The topological polar surface area (TPSA) is 66.4 Å². The second kappa shape index (κ2) is 7.88. The van der Waals surface area contributed by atoms with E-state index in [9.17, 15) is 9.59 Å². The number of benzene rings is 1. The highest BCUT2D eigenvalue weighted by Gasteiger charge is 2.22. The van der Waals surface area contributed by atoms with Crippen molar-refractivity contribution in [3.05, 3.63) is 54.0 Å². The van der Waals surface area contributed by atoms with Gasteiger partial charge in [0, 0.05) is 56.3 Å². The summed E-state index contributed by atoms with van der Waals surface area (Å²) < 4.78 is 0. The summed E-state index contributed by atoms with van der Waals surface area (Å²) in [6, 6.07) is 11.1. The van der Waals surface area contributed by atoms with Gasteiger partial charge in [-0.05, 0) is 6.92 Å². The third-order valence-corrected chi connectivity index (χ3v) is 4.41. The number of hydrogen-bond acceptors (Lipinski definition) is 5. The second-order valence-corrected chi connectivity index (χ2v) is 6.17. The van der Waals surface area contributed by atoms with Crippen molar-refractivity contribution in [2.45, 2.75) is 19.8 Å². The molecule has 1 fully saturated rings. The van der Waals surface area contributed by atoms with Gasteiger partial charge in [-0.3, -0.25) is 9.59 Å². The number of hydrogen-bond donors (Lipinski definition) is 0. The molecule has 0 atom stereocenters. The molecular formula is C19H22N4O2. The minimum Gasteiger partial charge on any atom is -0.353 e. The lowest BCUT2D eigenvalue weighted by atomic mass is 10.1. The summed E-state index contributed by atoms with van der Waals surface area (Å²) in [4.78, 5) is 36.9. The van der Waals surface area contributed by atoms with Crippen LogP contribution in [-0.4, -0.2) is 52.7 Å². The molecule has 25 heavy (non-hydrogen) atoms. The van der Waals surface area contributed by atoms with E-state index in [2.05, 4.69) is 14.9 Å². The van der Waals surface area contributed by atoms with E-state index in [4.69, 9.17) is 0 Å². The summed E-state index contributed by atoms with van der Waals surface area (Å²) in [5.41, 5.74) is 1.60. The van der Waals surface area contributed by atoms with Crippen LogP contribution in [0.25, 0.3) is 0 Å². The Bertz CT molecular complexity index is 740. The Morgan fingerprint density at radius 3 is 2.40 bits per heavy atom. The molecule has 6 heteroatoms. The van der Waals surface area contributed by atoms with Crippen molar-refractivity contribution < 1.29 is 9.59 Å². The second-order valence-electron chi connectivity index (χ2n) is 6.17. The van der Waals surface area contributed by atoms with E-state index < -0.39 is 0 Å². The van der Waals surface area contributed by atoms with Crippen molar-refractivity contribution in [2.24, 2.45) is 0 Å². The predicted octanol–water partition coefficient (Wildman–Crippen LogP) is 2.10. The smallest absolute Gasteiger partial charge is 0.223 e. The van der Waals surface area contributed by atoms with Crippen molar-refractivity contribution in [3.8, 4) is 0 Å². The van der Waals surface area contributed by atoms with Crippen molar-refractivity contribution in [2.75, 3.05) is 31.1 Å². The highest BCUT2D eigenvalue weighted by atomic mass is 16.2. The summed E-state index contributed by atoms with van der Waals surface area (Å²) in [6.07, 6.45) is 2.09. The molecule has 1 aliphatic heterocycles. The lowest BCUT2D eigenvalue weighted by Crippen LogP contribution is -2.49. The van der Waals surface area contributed by atoms with Crippen LogP contribution in [-0.2, 0) is 4.79 Å². The van der Waals surface area contributed by atoms with Crippen LogP contribution in [0, 0.1) is 6.92 Å². The first kappa shape index (κ1) is 17.1. The zero-order valence-corrected chi connectivity index (χ0v) is 14.4. The molecule has 0 radical (unpaired) electrons. The van der Waals surface area contributed by atoms with Crippen LogP contribution in [0.3, 0.4) is 0 Å². The van der Waals surface area contributed by atoms with Gasteiger partial charge in [-0.1, -0.05) is 30.3 Å². The van der Waals surface area contributed by atoms with Gasteiger partial charge < -0.3 is 9.80 Å². The summed E-state index contributed by atoms with van der Waals surface area (Å²) >= 11 is 0. The predicted molar refractivity (Wildman–Crippen MR) is 95.6 cm³/mol. The fourth-order valence-corrected chi connectivity index (χ4v) is 2.95. The molecule has 3 rings (SSSR count). The molecule has 0 saturated carbocycles. The number of piperazine rings is 1. The van der Waals surface area contributed by atoms with E-state index >= 15 is 0 Å². The van der Waals surface area contributed by atoms with Crippen LogP contribution in [0.15, 0.2) is 42.7 Å². The normalized spacial score (nSPS) is 14.4. The van der Waals surface area contributed by atoms with Gasteiger partial charge in [-0.2, -0.15) is 0 Å². The fraction of sp³-hybridized carbons (Fsp3) is 0.368. The van der Waals surface area contributed by atoms with Gasteiger partial charge in [0.1, 0.15) is 12.1 Å². The zero-order valence-electron chi connectivity index (χ0n) is 14.4. The molecule has 1 saturated heterocycles.